The van der Waals surface area contributed by atoms with Gasteiger partial charge < -0.3 is 10.4 Å². The van der Waals surface area contributed by atoms with Gasteiger partial charge in [-0.3, -0.25) is 9.69 Å². The number of carbonyl (C=O) groups excluding carboxylic acids is 1. The van der Waals surface area contributed by atoms with Crippen LogP contribution in [-0.2, 0) is 10.2 Å². The third kappa shape index (κ3) is 4.37. The summed E-state index contributed by atoms with van der Waals surface area (Å²) in [5.41, 5.74) is 1.50. The quantitative estimate of drug-likeness (QED) is 0.807. The van der Waals surface area contributed by atoms with E-state index < -0.39 is 0 Å². The Morgan fingerprint density at radius 1 is 1.25 bits per heavy atom. The monoisotopic (exact) mass is 330 g/mol. The molecule has 2 aliphatic carbocycles. The van der Waals surface area contributed by atoms with Crippen molar-refractivity contribution in [3.8, 4) is 0 Å². The van der Waals surface area contributed by atoms with Crippen LogP contribution in [-0.4, -0.2) is 48.7 Å². The Bertz CT molecular complexity index is 542. The molecule has 2 fully saturated rings. The fourth-order valence-corrected chi connectivity index (χ4v) is 3.94. The van der Waals surface area contributed by atoms with Crippen LogP contribution in [0.5, 0.6) is 0 Å². The number of hydrogen-bond donors (Lipinski definition) is 2. The molecule has 2 atom stereocenters. The van der Waals surface area contributed by atoms with Crippen molar-refractivity contribution in [2.45, 2.75) is 50.0 Å². The number of carbonyl (C=O) groups is 1. The van der Waals surface area contributed by atoms with Gasteiger partial charge in [-0.2, -0.15) is 0 Å². The van der Waals surface area contributed by atoms with Gasteiger partial charge in [0.15, 0.2) is 0 Å². The van der Waals surface area contributed by atoms with Gasteiger partial charge in [0.2, 0.25) is 5.91 Å². The van der Waals surface area contributed by atoms with Crippen LogP contribution in [0.2, 0.25) is 0 Å². The summed E-state index contributed by atoms with van der Waals surface area (Å²) < 4.78 is 0. The first-order chi connectivity index (χ1) is 11.6. The first kappa shape index (κ1) is 17.4. The van der Waals surface area contributed by atoms with Crippen LogP contribution in [0.25, 0.3) is 0 Å². The lowest BCUT2D eigenvalue weighted by Crippen LogP contribution is -2.42. The van der Waals surface area contributed by atoms with E-state index in [2.05, 4.69) is 34.5 Å². The molecular weight excluding hydrogens is 300 g/mol. The van der Waals surface area contributed by atoms with Crippen LogP contribution in [0.4, 0.5) is 0 Å². The topological polar surface area (TPSA) is 52.6 Å². The molecule has 2 unspecified atom stereocenters. The highest BCUT2D eigenvalue weighted by molar-refractivity contribution is 5.78. The van der Waals surface area contributed by atoms with E-state index in [1.165, 1.54) is 12.0 Å². The van der Waals surface area contributed by atoms with Crippen LogP contribution in [0.1, 0.15) is 44.1 Å². The van der Waals surface area contributed by atoms with E-state index in [-0.39, 0.29) is 17.4 Å². The van der Waals surface area contributed by atoms with Gasteiger partial charge in [-0.25, -0.2) is 0 Å². The van der Waals surface area contributed by atoms with Gasteiger partial charge in [-0.15, -0.1) is 0 Å². The summed E-state index contributed by atoms with van der Waals surface area (Å²) in [5, 5.41) is 13.2. The summed E-state index contributed by atoms with van der Waals surface area (Å²) in [4.78, 5) is 14.3. The molecule has 24 heavy (non-hydrogen) atoms. The van der Waals surface area contributed by atoms with Gasteiger partial charge in [0, 0.05) is 18.5 Å². The van der Waals surface area contributed by atoms with Gasteiger partial charge in [0.05, 0.1) is 12.6 Å². The minimum Gasteiger partial charge on any atom is -0.393 e. The van der Waals surface area contributed by atoms with Crippen LogP contribution >= 0.6 is 0 Å². The molecule has 0 heterocycles. The largest absolute Gasteiger partial charge is 0.393 e. The highest BCUT2D eigenvalue weighted by Gasteiger charge is 2.44. The molecule has 2 N–H and O–H groups in total. The Hall–Kier alpha value is -1.39. The fourth-order valence-electron chi connectivity index (χ4n) is 3.94. The molecule has 0 radical (unpaired) electrons. The minimum atomic E-state index is -0.197. The fraction of sp³-hybridized carbons (Fsp3) is 0.650. The number of likely N-dealkylation sites (N-methyl/N-ethyl adjacent to an activating group) is 1. The van der Waals surface area contributed by atoms with Crippen molar-refractivity contribution in [3.05, 3.63) is 35.9 Å². The van der Waals surface area contributed by atoms with E-state index in [1.54, 1.807) is 0 Å². The molecule has 0 aromatic heterocycles. The van der Waals surface area contributed by atoms with Crippen molar-refractivity contribution in [1.82, 2.24) is 10.2 Å². The summed E-state index contributed by atoms with van der Waals surface area (Å²) in [7, 11) is 1.98. The molecule has 4 heteroatoms. The predicted octanol–water partition coefficient (Wildman–Crippen LogP) is 2.32. The van der Waals surface area contributed by atoms with Gasteiger partial charge >= 0.3 is 0 Å². The van der Waals surface area contributed by atoms with Crippen LogP contribution < -0.4 is 5.32 Å². The number of nitrogens with zero attached hydrogens (tertiary/aromatic N) is 1. The molecule has 2 saturated carbocycles. The zero-order chi connectivity index (χ0) is 17.0. The zero-order valence-corrected chi connectivity index (χ0v) is 14.7. The maximum atomic E-state index is 12.3. The second-order valence-corrected chi connectivity index (χ2v) is 7.73. The Balaban J connectivity index is 1.42. The molecule has 2 aliphatic rings. The number of rotatable bonds is 7. The first-order valence-corrected chi connectivity index (χ1v) is 9.28. The Kier molecular flexibility index (Phi) is 5.57. The average molecular weight is 330 g/mol. The molecule has 1 amide bonds. The minimum absolute atomic E-state index is 0.0880. The Labute approximate surface area is 145 Å². The lowest BCUT2D eigenvalue weighted by Gasteiger charge is -2.31. The number of aliphatic hydroxyl groups excluding tert-OH is 1. The summed E-state index contributed by atoms with van der Waals surface area (Å²) in [6.45, 7) is 1.95. The normalized spacial score (nSPS) is 25.5. The third-order valence-electron chi connectivity index (χ3n) is 5.69. The highest BCUT2D eigenvalue weighted by Crippen LogP contribution is 2.47. The van der Waals surface area contributed by atoms with E-state index in [0.717, 1.165) is 45.2 Å². The Morgan fingerprint density at radius 2 is 1.96 bits per heavy atom. The molecule has 0 bridgehead atoms. The van der Waals surface area contributed by atoms with Gasteiger partial charge in [-0.05, 0) is 44.2 Å². The van der Waals surface area contributed by atoms with Crippen molar-refractivity contribution < 1.29 is 9.90 Å². The third-order valence-corrected chi connectivity index (χ3v) is 5.69. The second kappa shape index (κ2) is 7.66. The van der Waals surface area contributed by atoms with Crippen molar-refractivity contribution in [1.29, 1.82) is 0 Å². The molecule has 3 rings (SSSR count). The van der Waals surface area contributed by atoms with Crippen molar-refractivity contribution in [2.24, 2.45) is 5.92 Å². The van der Waals surface area contributed by atoms with Crippen LogP contribution in [0.15, 0.2) is 30.3 Å². The summed E-state index contributed by atoms with van der Waals surface area (Å²) in [5.74, 6) is 0.403. The highest BCUT2D eigenvalue weighted by atomic mass is 16.3. The van der Waals surface area contributed by atoms with E-state index in [9.17, 15) is 9.90 Å². The maximum absolute atomic E-state index is 12.3. The van der Waals surface area contributed by atoms with Gasteiger partial charge in [0.1, 0.15) is 0 Å². The molecule has 1 aromatic rings. The van der Waals surface area contributed by atoms with Crippen molar-refractivity contribution in [2.75, 3.05) is 26.7 Å². The maximum Gasteiger partial charge on any atom is 0.234 e. The number of nitrogens with one attached hydrogen (secondary N) is 1. The van der Waals surface area contributed by atoms with Crippen LogP contribution in [0.3, 0.4) is 0 Å². The van der Waals surface area contributed by atoms with Gasteiger partial charge in [-0.1, -0.05) is 43.2 Å². The smallest absolute Gasteiger partial charge is 0.234 e. The Morgan fingerprint density at radius 3 is 2.62 bits per heavy atom. The van der Waals surface area contributed by atoms with E-state index in [1.807, 2.05) is 13.1 Å². The van der Waals surface area contributed by atoms with E-state index in [0.29, 0.717) is 12.5 Å². The lowest BCUT2D eigenvalue weighted by atomic mass is 9.86. The summed E-state index contributed by atoms with van der Waals surface area (Å²) in [6.07, 6.45) is 6.42. The molecule has 4 nitrogen and oxygen atoms in total. The molecule has 0 spiro atoms. The summed E-state index contributed by atoms with van der Waals surface area (Å²) in [6, 6.07) is 10.5. The predicted molar refractivity (Wildman–Crippen MR) is 95.8 cm³/mol. The number of aliphatic hydroxyl groups is 1. The molecule has 0 saturated heterocycles. The number of benzene rings is 1. The van der Waals surface area contributed by atoms with E-state index >= 15 is 0 Å². The molecule has 0 aliphatic heterocycles. The van der Waals surface area contributed by atoms with Crippen LogP contribution in [0, 0.1) is 5.92 Å². The zero-order valence-electron chi connectivity index (χ0n) is 14.7. The molecule has 1 aromatic carbocycles. The van der Waals surface area contributed by atoms with Crippen molar-refractivity contribution in [3.63, 3.8) is 0 Å². The second-order valence-electron chi connectivity index (χ2n) is 7.73. The standard InChI is InChI=1S/C20H30N2O2/c1-22(13-16-7-5-6-10-18(16)23)14-19(24)21-15-20(11-12-20)17-8-3-2-4-9-17/h2-4,8-9,16,18,23H,5-7,10-15H2,1H3,(H,21,24). The molecule has 132 valence electrons. The number of amides is 1. The average Bonchev–Trinajstić information content (AvgIpc) is 3.37. The SMILES string of the molecule is CN(CC(=O)NCC1(c2ccccc2)CC1)CC1CCCCC1O. The van der Waals surface area contributed by atoms with E-state index in [4.69, 9.17) is 0 Å². The number of hydrogen-bond acceptors (Lipinski definition) is 3. The van der Waals surface area contributed by atoms with Gasteiger partial charge in [0.25, 0.3) is 0 Å². The molecular formula is C20H30N2O2. The lowest BCUT2D eigenvalue weighted by molar-refractivity contribution is -0.122. The van der Waals surface area contributed by atoms with Crippen molar-refractivity contribution >= 4 is 5.91 Å². The first-order valence-electron chi connectivity index (χ1n) is 9.28. The summed E-state index contributed by atoms with van der Waals surface area (Å²) >= 11 is 0.